The van der Waals surface area contributed by atoms with Gasteiger partial charge in [-0.05, 0) is 19.2 Å². The van der Waals surface area contributed by atoms with Crippen LogP contribution in [0.1, 0.15) is 12.6 Å². The molecular formula is C19H21N3O2. The van der Waals surface area contributed by atoms with Crippen LogP contribution in [0, 0.1) is 5.92 Å². The Morgan fingerprint density at radius 2 is 1.92 bits per heavy atom. The average molecular weight is 323 g/mol. The molecule has 0 bridgehead atoms. The van der Waals surface area contributed by atoms with Gasteiger partial charge in [0, 0.05) is 24.8 Å². The molecule has 0 saturated carbocycles. The molecule has 0 aliphatic rings. The van der Waals surface area contributed by atoms with Crippen LogP contribution in [0.3, 0.4) is 0 Å². The molecule has 1 atom stereocenters. The number of benzene rings is 1. The van der Waals surface area contributed by atoms with Crippen molar-refractivity contribution in [2.75, 3.05) is 13.6 Å². The number of fused-ring (bicyclic) bond motifs is 1. The molecule has 124 valence electrons. The summed E-state index contributed by atoms with van der Waals surface area (Å²) in [6.07, 6.45) is 2.00. The molecule has 2 aromatic heterocycles. The number of carboxylic acid groups (broad SMARTS) is 1. The van der Waals surface area contributed by atoms with Gasteiger partial charge in [-0.15, -0.1) is 0 Å². The Bertz CT molecular complexity index is 842. The number of imidazole rings is 1. The van der Waals surface area contributed by atoms with E-state index in [0.29, 0.717) is 13.1 Å². The van der Waals surface area contributed by atoms with Crippen LogP contribution in [-0.2, 0) is 11.3 Å². The molecule has 1 aromatic carbocycles. The van der Waals surface area contributed by atoms with Gasteiger partial charge in [0.05, 0.1) is 17.3 Å². The number of carbonyl (C=O) groups is 1. The van der Waals surface area contributed by atoms with Gasteiger partial charge >= 0.3 is 5.97 Å². The molecule has 1 N–H and O–H groups in total. The number of hydrogen-bond donors (Lipinski definition) is 1. The third-order valence-electron chi connectivity index (χ3n) is 4.10. The van der Waals surface area contributed by atoms with Crippen LogP contribution in [0.5, 0.6) is 0 Å². The lowest BCUT2D eigenvalue weighted by molar-refractivity contribution is -0.141. The fourth-order valence-electron chi connectivity index (χ4n) is 2.89. The van der Waals surface area contributed by atoms with Gasteiger partial charge in [0.2, 0.25) is 0 Å². The van der Waals surface area contributed by atoms with Crippen molar-refractivity contribution in [3.8, 4) is 11.3 Å². The zero-order valence-electron chi connectivity index (χ0n) is 13.9. The van der Waals surface area contributed by atoms with Crippen LogP contribution in [-0.4, -0.2) is 39.0 Å². The monoisotopic (exact) mass is 323 g/mol. The quantitative estimate of drug-likeness (QED) is 0.757. The molecule has 5 nitrogen and oxygen atoms in total. The number of hydrogen-bond acceptors (Lipinski definition) is 3. The van der Waals surface area contributed by atoms with E-state index in [0.717, 1.165) is 22.6 Å². The predicted molar refractivity (Wildman–Crippen MR) is 93.8 cm³/mol. The summed E-state index contributed by atoms with van der Waals surface area (Å²) in [5.74, 6) is -1.18. The Balaban J connectivity index is 1.98. The first-order valence-corrected chi connectivity index (χ1v) is 7.99. The van der Waals surface area contributed by atoms with Gasteiger partial charge < -0.3 is 9.51 Å². The molecule has 0 amide bonds. The molecule has 24 heavy (non-hydrogen) atoms. The average Bonchev–Trinajstić information content (AvgIpc) is 2.94. The lowest BCUT2D eigenvalue weighted by Crippen LogP contribution is -2.28. The van der Waals surface area contributed by atoms with Gasteiger partial charge in [0.25, 0.3) is 0 Å². The number of carboxylic acids is 1. The minimum Gasteiger partial charge on any atom is -0.481 e. The summed E-state index contributed by atoms with van der Waals surface area (Å²) in [6, 6.07) is 16.0. The molecule has 0 fully saturated rings. The maximum atomic E-state index is 11.1. The summed E-state index contributed by atoms with van der Waals surface area (Å²) >= 11 is 0. The van der Waals surface area contributed by atoms with Crippen molar-refractivity contribution in [2.45, 2.75) is 13.5 Å². The van der Waals surface area contributed by atoms with Crippen LogP contribution in [0.25, 0.3) is 16.9 Å². The van der Waals surface area contributed by atoms with Crippen molar-refractivity contribution < 1.29 is 9.90 Å². The Labute approximate surface area is 141 Å². The zero-order valence-corrected chi connectivity index (χ0v) is 13.9. The molecule has 0 radical (unpaired) electrons. The Hall–Kier alpha value is -2.66. The molecule has 5 heteroatoms. The normalized spacial score (nSPS) is 12.6. The van der Waals surface area contributed by atoms with Gasteiger partial charge in [0.1, 0.15) is 5.65 Å². The summed E-state index contributed by atoms with van der Waals surface area (Å²) in [4.78, 5) is 17.9. The number of pyridine rings is 1. The highest BCUT2D eigenvalue weighted by Crippen LogP contribution is 2.25. The molecule has 0 aliphatic heterocycles. The number of aliphatic carboxylic acids is 1. The molecule has 1 unspecified atom stereocenters. The number of rotatable bonds is 6. The van der Waals surface area contributed by atoms with Crippen molar-refractivity contribution in [3.05, 3.63) is 60.4 Å². The van der Waals surface area contributed by atoms with E-state index >= 15 is 0 Å². The van der Waals surface area contributed by atoms with Crippen LogP contribution >= 0.6 is 0 Å². The topological polar surface area (TPSA) is 57.8 Å². The van der Waals surface area contributed by atoms with Crippen molar-refractivity contribution in [3.63, 3.8) is 0 Å². The van der Waals surface area contributed by atoms with Gasteiger partial charge in [-0.1, -0.05) is 43.3 Å². The standard InChI is InChI=1S/C19H21N3O2/c1-14(19(23)24)12-21(2)13-16-18(15-8-4-3-5-9-15)20-17-10-6-7-11-22(16)17/h3-11,14H,12-13H2,1-2H3,(H,23,24). The third kappa shape index (κ3) is 3.31. The van der Waals surface area contributed by atoms with E-state index in [2.05, 4.69) is 4.40 Å². The maximum absolute atomic E-state index is 11.1. The van der Waals surface area contributed by atoms with Crippen molar-refractivity contribution in [2.24, 2.45) is 5.92 Å². The molecule has 3 aromatic rings. The minimum atomic E-state index is -0.775. The highest BCUT2D eigenvalue weighted by molar-refractivity contribution is 5.69. The summed E-state index contributed by atoms with van der Waals surface area (Å²) in [5.41, 5.74) is 3.97. The fourth-order valence-corrected chi connectivity index (χ4v) is 2.89. The van der Waals surface area contributed by atoms with Crippen molar-refractivity contribution >= 4 is 11.6 Å². The van der Waals surface area contributed by atoms with Crippen LogP contribution < -0.4 is 0 Å². The Morgan fingerprint density at radius 3 is 2.62 bits per heavy atom. The van der Waals surface area contributed by atoms with E-state index < -0.39 is 11.9 Å². The van der Waals surface area contributed by atoms with Gasteiger partial charge in [-0.25, -0.2) is 4.98 Å². The minimum absolute atomic E-state index is 0.408. The first-order chi connectivity index (χ1) is 11.6. The number of nitrogens with zero attached hydrogens (tertiary/aromatic N) is 3. The highest BCUT2D eigenvalue weighted by atomic mass is 16.4. The van der Waals surface area contributed by atoms with Gasteiger partial charge in [-0.2, -0.15) is 0 Å². The lowest BCUT2D eigenvalue weighted by Gasteiger charge is -2.19. The largest absolute Gasteiger partial charge is 0.481 e. The highest BCUT2D eigenvalue weighted by Gasteiger charge is 2.18. The lowest BCUT2D eigenvalue weighted by atomic mass is 10.1. The molecule has 0 aliphatic carbocycles. The van der Waals surface area contributed by atoms with Gasteiger partial charge in [0.15, 0.2) is 0 Å². The number of aromatic nitrogens is 2. The Kier molecular flexibility index (Phi) is 4.62. The second-order valence-electron chi connectivity index (χ2n) is 6.14. The maximum Gasteiger partial charge on any atom is 0.307 e. The van der Waals surface area contributed by atoms with E-state index in [1.165, 1.54) is 0 Å². The summed E-state index contributed by atoms with van der Waals surface area (Å²) < 4.78 is 2.07. The second-order valence-corrected chi connectivity index (χ2v) is 6.14. The van der Waals surface area contributed by atoms with E-state index in [9.17, 15) is 4.79 Å². The summed E-state index contributed by atoms with van der Waals surface area (Å²) in [6.45, 7) is 2.85. The Morgan fingerprint density at radius 1 is 1.21 bits per heavy atom. The van der Waals surface area contributed by atoms with Gasteiger partial charge in [-0.3, -0.25) is 9.69 Å². The summed E-state index contributed by atoms with van der Waals surface area (Å²) in [5, 5.41) is 9.12. The molecule has 0 spiro atoms. The predicted octanol–water partition coefficient (Wildman–Crippen LogP) is 3.15. The SMILES string of the molecule is CC(CN(C)Cc1c(-c2ccccc2)nc2ccccn12)C(=O)O. The van der Waals surface area contributed by atoms with Crippen molar-refractivity contribution in [1.29, 1.82) is 0 Å². The molecule has 0 saturated heterocycles. The van der Waals surface area contributed by atoms with Crippen molar-refractivity contribution in [1.82, 2.24) is 14.3 Å². The molecular weight excluding hydrogens is 302 g/mol. The molecule has 3 rings (SSSR count). The molecule has 2 heterocycles. The van der Waals surface area contributed by atoms with E-state index in [4.69, 9.17) is 10.1 Å². The van der Waals surface area contributed by atoms with E-state index in [-0.39, 0.29) is 0 Å². The third-order valence-corrected chi connectivity index (χ3v) is 4.10. The second kappa shape index (κ2) is 6.84. The van der Waals surface area contributed by atoms with Crippen LogP contribution in [0.2, 0.25) is 0 Å². The fraction of sp³-hybridized carbons (Fsp3) is 0.263. The first-order valence-electron chi connectivity index (χ1n) is 7.99. The first kappa shape index (κ1) is 16.2. The van der Waals surface area contributed by atoms with E-state index in [1.54, 1.807) is 6.92 Å². The summed E-state index contributed by atoms with van der Waals surface area (Å²) in [7, 11) is 1.94. The smallest absolute Gasteiger partial charge is 0.307 e. The van der Waals surface area contributed by atoms with Crippen LogP contribution in [0.15, 0.2) is 54.7 Å². The zero-order chi connectivity index (χ0) is 17.1. The van der Waals surface area contributed by atoms with Crippen LogP contribution in [0.4, 0.5) is 0 Å². The van der Waals surface area contributed by atoms with E-state index in [1.807, 2.05) is 66.7 Å².